The molecule has 1 aromatic rings. The number of aliphatic hydroxyl groups is 1. The van der Waals surface area contributed by atoms with Gasteiger partial charge in [-0.1, -0.05) is 26.0 Å². The fraction of sp³-hybridized carbons (Fsp3) is 0.667. The molecular formula is C18H29NO3. The van der Waals surface area contributed by atoms with E-state index in [4.69, 9.17) is 9.47 Å². The first-order valence-corrected chi connectivity index (χ1v) is 8.13. The van der Waals surface area contributed by atoms with Gasteiger partial charge < -0.3 is 19.9 Å². The minimum atomic E-state index is -0.463. The molecule has 2 rings (SSSR count). The second kappa shape index (κ2) is 7.44. The van der Waals surface area contributed by atoms with E-state index in [-0.39, 0.29) is 5.60 Å². The Morgan fingerprint density at radius 3 is 2.82 bits per heavy atom. The Morgan fingerprint density at radius 1 is 1.32 bits per heavy atom. The van der Waals surface area contributed by atoms with Crippen LogP contribution in [-0.2, 0) is 17.7 Å². The maximum absolute atomic E-state index is 9.86. The van der Waals surface area contributed by atoms with Crippen molar-refractivity contribution in [3.8, 4) is 5.75 Å². The summed E-state index contributed by atoms with van der Waals surface area (Å²) < 4.78 is 11.3. The molecule has 22 heavy (non-hydrogen) atoms. The Hall–Kier alpha value is -1.10. The van der Waals surface area contributed by atoms with Crippen molar-refractivity contribution in [1.29, 1.82) is 0 Å². The molecule has 0 saturated carbocycles. The maximum Gasteiger partial charge on any atom is 0.123 e. The summed E-state index contributed by atoms with van der Waals surface area (Å²) in [5, 5.41) is 13.1. The number of benzene rings is 1. The Kier molecular flexibility index (Phi) is 5.84. The topological polar surface area (TPSA) is 50.7 Å². The summed E-state index contributed by atoms with van der Waals surface area (Å²) in [7, 11) is 0. The second-order valence-electron chi connectivity index (χ2n) is 7.20. The van der Waals surface area contributed by atoms with Gasteiger partial charge >= 0.3 is 0 Å². The molecule has 1 aliphatic rings. The minimum Gasteiger partial charge on any atom is -0.487 e. The molecule has 0 fully saturated rings. The first-order chi connectivity index (χ1) is 10.4. The molecule has 0 saturated heterocycles. The number of aliphatic hydroxyl groups excluding tert-OH is 1. The van der Waals surface area contributed by atoms with Gasteiger partial charge in [0.15, 0.2) is 0 Å². The van der Waals surface area contributed by atoms with Crippen molar-refractivity contribution in [1.82, 2.24) is 5.32 Å². The average molecular weight is 307 g/mol. The number of hydrogen-bond acceptors (Lipinski definition) is 4. The summed E-state index contributed by atoms with van der Waals surface area (Å²) in [6.45, 7) is 10.8. The molecule has 4 nitrogen and oxygen atoms in total. The van der Waals surface area contributed by atoms with E-state index in [0.29, 0.717) is 25.7 Å². The van der Waals surface area contributed by atoms with E-state index < -0.39 is 6.10 Å². The number of ether oxygens (including phenoxy) is 2. The Bertz CT molecular complexity index is 485. The molecule has 1 aromatic carbocycles. The van der Waals surface area contributed by atoms with E-state index >= 15 is 0 Å². The molecule has 1 heterocycles. The van der Waals surface area contributed by atoms with Gasteiger partial charge in [0.25, 0.3) is 0 Å². The van der Waals surface area contributed by atoms with Crippen LogP contribution in [0.3, 0.4) is 0 Å². The van der Waals surface area contributed by atoms with Gasteiger partial charge in [-0.15, -0.1) is 0 Å². The summed E-state index contributed by atoms with van der Waals surface area (Å²) >= 11 is 0. The highest BCUT2D eigenvalue weighted by Gasteiger charge is 2.29. The number of fused-ring (bicyclic) bond motifs is 1. The molecule has 124 valence electrons. The lowest BCUT2D eigenvalue weighted by Crippen LogP contribution is -2.30. The summed E-state index contributed by atoms with van der Waals surface area (Å²) in [4.78, 5) is 0. The number of nitrogens with one attached hydrogen (secondary N) is 1. The van der Waals surface area contributed by atoms with Gasteiger partial charge in [0.1, 0.15) is 11.4 Å². The zero-order chi connectivity index (χ0) is 16.2. The summed E-state index contributed by atoms with van der Waals surface area (Å²) in [5.74, 6) is 1.49. The third-order valence-electron chi connectivity index (χ3n) is 3.60. The summed E-state index contributed by atoms with van der Waals surface area (Å²) in [6.07, 6.45) is 0.484. The van der Waals surface area contributed by atoms with Gasteiger partial charge in [-0.3, -0.25) is 0 Å². The minimum absolute atomic E-state index is 0.0989. The molecule has 0 spiro atoms. The molecule has 0 radical (unpaired) electrons. The van der Waals surface area contributed by atoms with E-state index in [9.17, 15) is 5.11 Å². The van der Waals surface area contributed by atoms with Gasteiger partial charge in [-0.05, 0) is 37.0 Å². The van der Waals surface area contributed by atoms with E-state index in [2.05, 4.69) is 45.1 Å². The van der Waals surface area contributed by atoms with Gasteiger partial charge in [0.05, 0.1) is 12.7 Å². The summed E-state index contributed by atoms with van der Waals surface area (Å²) in [6, 6.07) is 6.32. The quantitative estimate of drug-likeness (QED) is 0.775. The fourth-order valence-electron chi connectivity index (χ4n) is 2.65. The third-order valence-corrected chi connectivity index (χ3v) is 3.60. The highest BCUT2D eigenvalue weighted by molar-refractivity contribution is 5.41. The van der Waals surface area contributed by atoms with Crippen LogP contribution in [-0.4, -0.2) is 36.6 Å². The predicted octanol–water partition coefficient (Wildman–Crippen LogP) is 2.52. The van der Waals surface area contributed by atoms with Crippen LogP contribution in [0.2, 0.25) is 0 Å². The van der Waals surface area contributed by atoms with Gasteiger partial charge in [-0.2, -0.15) is 0 Å². The molecule has 2 N–H and O–H groups in total. The van der Waals surface area contributed by atoms with Gasteiger partial charge in [-0.25, -0.2) is 0 Å². The van der Waals surface area contributed by atoms with Crippen molar-refractivity contribution >= 4 is 0 Å². The molecule has 0 aliphatic carbocycles. The molecule has 1 atom stereocenters. The van der Waals surface area contributed by atoms with Crippen LogP contribution in [0.5, 0.6) is 5.75 Å². The SMILES string of the molecule is CC(C)COCC(O)CNCc1ccc2c(c1)CC(C)(C)O2. The fourth-order valence-corrected chi connectivity index (χ4v) is 2.65. The molecular weight excluding hydrogens is 278 g/mol. The maximum atomic E-state index is 9.86. The predicted molar refractivity (Wildman–Crippen MR) is 88.2 cm³/mol. The highest BCUT2D eigenvalue weighted by atomic mass is 16.5. The zero-order valence-corrected chi connectivity index (χ0v) is 14.2. The highest BCUT2D eigenvalue weighted by Crippen LogP contribution is 2.35. The van der Waals surface area contributed by atoms with E-state index in [1.807, 2.05) is 6.07 Å². The molecule has 0 aromatic heterocycles. The molecule has 0 amide bonds. The molecule has 1 aliphatic heterocycles. The smallest absolute Gasteiger partial charge is 0.123 e. The Labute approximate surface area is 133 Å². The lowest BCUT2D eigenvalue weighted by atomic mass is 10.0. The van der Waals surface area contributed by atoms with Crippen LogP contribution in [0.1, 0.15) is 38.8 Å². The van der Waals surface area contributed by atoms with E-state index in [1.54, 1.807) is 0 Å². The standard InChI is InChI=1S/C18H29NO3/c1-13(2)11-21-12-16(20)10-19-9-14-5-6-17-15(7-14)8-18(3,4)22-17/h5-7,13,16,19-20H,8-12H2,1-4H3. The average Bonchev–Trinajstić information content (AvgIpc) is 2.71. The van der Waals surface area contributed by atoms with Crippen molar-refractivity contribution in [3.05, 3.63) is 29.3 Å². The van der Waals surface area contributed by atoms with Crippen LogP contribution in [0.25, 0.3) is 0 Å². The first-order valence-electron chi connectivity index (χ1n) is 8.13. The molecule has 4 heteroatoms. The van der Waals surface area contributed by atoms with Crippen LogP contribution in [0.4, 0.5) is 0 Å². The van der Waals surface area contributed by atoms with E-state index in [0.717, 1.165) is 18.7 Å². The van der Waals surface area contributed by atoms with Crippen LogP contribution in [0.15, 0.2) is 18.2 Å². The van der Waals surface area contributed by atoms with Crippen LogP contribution < -0.4 is 10.1 Å². The lowest BCUT2D eigenvalue weighted by molar-refractivity contribution is 0.0260. The van der Waals surface area contributed by atoms with Crippen molar-refractivity contribution < 1.29 is 14.6 Å². The van der Waals surface area contributed by atoms with Crippen molar-refractivity contribution in [2.45, 2.75) is 52.4 Å². The number of hydrogen-bond donors (Lipinski definition) is 2. The Morgan fingerprint density at radius 2 is 2.09 bits per heavy atom. The number of rotatable bonds is 8. The van der Waals surface area contributed by atoms with E-state index in [1.165, 1.54) is 11.1 Å². The third kappa shape index (κ3) is 5.27. The van der Waals surface area contributed by atoms with Gasteiger partial charge in [0, 0.05) is 26.1 Å². The molecule has 1 unspecified atom stereocenters. The van der Waals surface area contributed by atoms with Crippen LogP contribution >= 0.6 is 0 Å². The molecule has 0 bridgehead atoms. The normalized spacial score (nSPS) is 17.4. The second-order valence-corrected chi connectivity index (χ2v) is 7.20. The van der Waals surface area contributed by atoms with Crippen molar-refractivity contribution in [3.63, 3.8) is 0 Å². The first kappa shape index (κ1) is 17.3. The lowest BCUT2D eigenvalue weighted by Gasteiger charge is -2.16. The summed E-state index contributed by atoms with van der Waals surface area (Å²) in [5.41, 5.74) is 2.39. The van der Waals surface area contributed by atoms with Crippen LogP contribution in [0, 0.1) is 5.92 Å². The van der Waals surface area contributed by atoms with Crippen molar-refractivity contribution in [2.75, 3.05) is 19.8 Å². The van der Waals surface area contributed by atoms with Crippen molar-refractivity contribution in [2.24, 2.45) is 5.92 Å². The largest absolute Gasteiger partial charge is 0.487 e. The van der Waals surface area contributed by atoms with Gasteiger partial charge in [0.2, 0.25) is 0 Å². The zero-order valence-electron chi connectivity index (χ0n) is 14.2. The monoisotopic (exact) mass is 307 g/mol. The Balaban J connectivity index is 1.72.